The molecular formula is C6H16N2. The zero-order valence-electron chi connectivity index (χ0n) is 5.99. The lowest BCUT2D eigenvalue weighted by Gasteiger charge is -2.25. The molecule has 0 spiro atoms. The Bertz CT molecular complexity index is 39.0. The van der Waals surface area contributed by atoms with Crippen LogP contribution >= 0.6 is 0 Å². The number of likely N-dealkylation sites (N-methyl/N-ethyl adjacent to an activating group) is 1. The van der Waals surface area contributed by atoms with Crippen LogP contribution in [0, 0.1) is 0 Å². The van der Waals surface area contributed by atoms with Crippen LogP contribution in [-0.4, -0.2) is 26.2 Å². The first-order valence-electron chi connectivity index (χ1n) is 3.31. The average molecular weight is 116 g/mol. The minimum atomic E-state index is 0.755. The summed E-state index contributed by atoms with van der Waals surface area (Å²) in [6, 6.07) is 0.755. The Balaban J connectivity index is 0.000000222. The predicted molar refractivity (Wildman–Crippen MR) is 37.1 cm³/mol. The molecule has 2 heteroatoms. The standard InChI is InChI=1S/C4H10N2.C2H6/c1-5-4-2-6-3-4;1-2/h4-6H,2-3H2,1H3;1-2H3. The smallest absolute Gasteiger partial charge is 0.0314 e. The van der Waals surface area contributed by atoms with Gasteiger partial charge < -0.3 is 10.6 Å². The Morgan fingerprint density at radius 2 is 1.88 bits per heavy atom. The largest absolute Gasteiger partial charge is 0.315 e. The van der Waals surface area contributed by atoms with E-state index in [-0.39, 0.29) is 0 Å². The van der Waals surface area contributed by atoms with Gasteiger partial charge in [0.25, 0.3) is 0 Å². The third-order valence-electron chi connectivity index (χ3n) is 1.19. The van der Waals surface area contributed by atoms with Gasteiger partial charge in [-0.05, 0) is 7.05 Å². The summed E-state index contributed by atoms with van der Waals surface area (Å²) in [6.45, 7) is 6.30. The molecule has 0 saturated carbocycles. The molecular weight excluding hydrogens is 100 g/mol. The van der Waals surface area contributed by atoms with E-state index in [0.717, 1.165) is 19.1 Å². The van der Waals surface area contributed by atoms with Crippen molar-refractivity contribution in [2.24, 2.45) is 0 Å². The third-order valence-corrected chi connectivity index (χ3v) is 1.19. The van der Waals surface area contributed by atoms with E-state index in [4.69, 9.17) is 0 Å². The van der Waals surface area contributed by atoms with E-state index in [9.17, 15) is 0 Å². The van der Waals surface area contributed by atoms with E-state index >= 15 is 0 Å². The van der Waals surface area contributed by atoms with Crippen LogP contribution in [0.15, 0.2) is 0 Å². The summed E-state index contributed by atoms with van der Waals surface area (Å²) in [5, 5.41) is 6.29. The van der Waals surface area contributed by atoms with Crippen LogP contribution in [0.25, 0.3) is 0 Å². The van der Waals surface area contributed by atoms with Crippen LogP contribution < -0.4 is 10.6 Å². The Kier molecular flexibility index (Phi) is 5.01. The van der Waals surface area contributed by atoms with Gasteiger partial charge in [0.15, 0.2) is 0 Å². The zero-order chi connectivity index (χ0) is 6.41. The maximum atomic E-state index is 3.15. The molecule has 1 saturated heterocycles. The Labute approximate surface area is 51.7 Å². The van der Waals surface area contributed by atoms with Crippen LogP contribution in [0.4, 0.5) is 0 Å². The molecule has 0 unspecified atom stereocenters. The molecule has 1 aliphatic rings. The summed E-state index contributed by atoms with van der Waals surface area (Å²) in [5.41, 5.74) is 0. The molecule has 0 bridgehead atoms. The molecule has 0 atom stereocenters. The molecule has 0 aliphatic carbocycles. The monoisotopic (exact) mass is 116 g/mol. The minimum absolute atomic E-state index is 0.755. The quantitative estimate of drug-likeness (QED) is 0.511. The fraction of sp³-hybridized carbons (Fsp3) is 1.00. The van der Waals surface area contributed by atoms with Crippen molar-refractivity contribution in [3.8, 4) is 0 Å². The second-order valence-corrected chi connectivity index (χ2v) is 1.64. The molecule has 50 valence electrons. The topological polar surface area (TPSA) is 24.1 Å². The van der Waals surface area contributed by atoms with Crippen molar-refractivity contribution in [1.82, 2.24) is 10.6 Å². The SMILES string of the molecule is CC.CNC1CNC1. The summed E-state index contributed by atoms with van der Waals surface area (Å²) >= 11 is 0. The van der Waals surface area contributed by atoms with Gasteiger partial charge in [0.05, 0.1) is 0 Å². The number of rotatable bonds is 1. The Morgan fingerprint density at radius 3 is 1.88 bits per heavy atom. The average Bonchev–Trinajstić information content (AvgIpc) is 1.69. The fourth-order valence-electron chi connectivity index (χ4n) is 0.493. The first-order chi connectivity index (χ1) is 3.93. The molecule has 0 aromatic carbocycles. The van der Waals surface area contributed by atoms with Gasteiger partial charge in [0.1, 0.15) is 0 Å². The molecule has 1 heterocycles. The first kappa shape index (κ1) is 7.92. The van der Waals surface area contributed by atoms with Crippen LogP contribution in [0.3, 0.4) is 0 Å². The van der Waals surface area contributed by atoms with Crippen LogP contribution in [0.2, 0.25) is 0 Å². The van der Waals surface area contributed by atoms with E-state index < -0.39 is 0 Å². The van der Waals surface area contributed by atoms with Gasteiger partial charge in [-0.2, -0.15) is 0 Å². The summed E-state index contributed by atoms with van der Waals surface area (Å²) in [7, 11) is 1.99. The number of hydrogen-bond donors (Lipinski definition) is 2. The van der Waals surface area contributed by atoms with E-state index in [1.54, 1.807) is 0 Å². The van der Waals surface area contributed by atoms with Crippen molar-refractivity contribution < 1.29 is 0 Å². The highest BCUT2D eigenvalue weighted by Crippen LogP contribution is 1.85. The minimum Gasteiger partial charge on any atom is -0.315 e. The summed E-state index contributed by atoms with van der Waals surface area (Å²) in [6.07, 6.45) is 0. The van der Waals surface area contributed by atoms with Gasteiger partial charge in [0.2, 0.25) is 0 Å². The molecule has 1 fully saturated rings. The fourth-order valence-corrected chi connectivity index (χ4v) is 0.493. The van der Waals surface area contributed by atoms with E-state index in [1.165, 1.54) is 0 Å². The molecule has 0 radical (unpaired) electrons. The molecule has 0 amide bonds. The molecule has 0 aromatic heterocycles. The number of hydrogen-bond acceptors (Lipinski definition) is 2. The zero-order valence-corrected chi connectivity index (χ0v) is 5.99. The lowest BCUT2D eigenvalue weighted by Crippen LogP contribution is -2.54. The Hall–Kier alpha value is -0.0800. The molecule has 1 rings (SSSR count). The second-order valence-electron chi connectivity index (χ2n) is 1.64. The molecule has 2 N–H and O–H groups in total. The van der Waals surface area contributed by atoms with E-state index in [0.29, 0.717) is 0 Å². The lowest BCUT2D eigenvalue weighted by molar-refractivity contribution is 0.390. The maximum Gasteiger partial charge on any atom is 0.0314 e. The highest BCUT2D eigenvalue weighted by Gasteiger charge is 2.11. The van der Waals surface area contributed by atoms with Gasteiger partial charge in [-0.15, -0.1) is 0 Å². The van der Waals surface area contributed by atoms with Gasteiger partial charge in [0, 0.05) is 19.1 Å². The van der Waals surface area contributed by atoms with Gasteiger partial charge in [-0.1, -0.05) is 13.8 Å². The maximum absolute atomic E-state index is 3.15. The summed E-state index contributed by atoms with van der Waals surface area (Å²) in [4.78, 5) is 0. The normalized spacial score (nSPS) is 18.4. The van der Waals surface area contributed by atoms with Gasteiger partial charge in [-0.25, -0.2) is 0 Å². The molecule has 0 aromatic rings. The van der Waals surface area contributed by atoms with Crippen molar-refractivity contribution in [3.05, 3.63) is 0 Å². The van der Waals surface area contributed by atoms with Gasteiger partial charge >= 0.3 is 0 Å². The Morgan fingerprint density at radius 1 is 1.38 bits per heavy atom. The van der Waals surface area contributed by atoms with E-state index in [1.807, 2.05) is 20.9 Å². The first-order valence-corrected chi connectivity index (χ1v) is 3.31. The van der Waals surface area contributed by atoms with Crippen molar-refractivity contribution in [2.45, 2.75) is 19.9 Å². The van der Waals surface area contributed by atoms with Crippen LogP contribution in [-0.2, 0) is 0 Å². The second kappa shape index (κ2) is 5.06. The van der Waals surface area contributed by atoms with Crippen molar-refractivity contribution in [2.75, 3.05) is 20.1 Å². The molecule has 2 nitrogen and oxygen atoms in total. The van der Waals surface area contributed by atoms with Crippen LogP contribution in [0.1, 0.15) is 13.8 Å². The highest BCUT2D eigenvalue weighted by molar-refractivity contribution is 4.79. The number of nitrogens with one attached hydrogen (secondary N) is 2. The molecule has 8 heavy (non-hydrogen) atoms. The third kappa shape index (κ3) is 2.28. The van der Waals surface area contributed by atoms with Crippen molar-refractivity contribution in [3.63, 3.8) is 0 Å². The highest BCUT2D eigenvalue weighted by atomic mass is 15.1. The van der Waals surface area contributed by atoms with E-state index in [2.05, 4.69) is 10.6 Å². The van der Waals surface area contributed by atoms with Crippen molar-refractivity contribution >= 4 is 0 Å². The summed E-state index contributed by atoms with van der Waals surface area (Å²) in [5.74, 6) is 0. The molecule has 1 aliphatic heterocycles. The lowest BCUT2D eigenvalue weighted by atomic mass is 10.2. The van der Waals surface area contributed by atoms with Crippen molar-refractivity contribution in [1.29, 1.82) is 0 Å². The van der Waals surface area contributed by atoms with Crippen LogP contribution in [0.5, 0.6) is 0 Å². The predicted octanol–water partition coefficient (Wildman–Crippen LogP) is 0.204. The summed E-state index contributed by atoms with van der Waals surface area (Å²) < 4.78 is 0. The van der Waals surface area contributed by atoms with Gasteiger partial charge in [-0.3, -0.25) is 0 Å².